The topological polar surface area (TPSA) is 76.7 Å². The van der Waals surface area contributed by atoms with E-state index in [-0.39, 0.29) is 11.8 Å². The van der Waals surface area contributed by atoms with Crippen LogP contribution in [0.5, 0.6) is 11.5 Å². The summed E-state index contributed by atoms with van der Waals surface area (Å²) in [7, 11) is 3.18. The summed E-state index contributed by atoms with van der Waals surface area (Å²) in [5, 5.41) is 5.80. The van der Waals surface area contributed by atoms with Crippen LogP contribution in [0.15, 0.2) is 42.5 Å². The van der Waals surface area contributed by atoms with E-state index in [1.54, 1.807) is 38.5 Å². The van der Waals surface area contributed by atoms with Gasteiger partial charge in [0, 0.05) is 23.7 Å². The van der Waals surface area contributed by atoms with Gasteiger partial charge >= 0.3 is 0 Å². The lowest BCUT2D eigenvalue weighted by molar-refractivity contribution is -0.116. The number of carbonyl (C=O) groups is 2. The van der Waals surface area contributed by atoms with E-state index in [2.05, 4.69) is 10.6 Å². The summed E-state index contributed by atoms with van der Waals surface area (Å²) >= 11 is 0. The molecule has 2 aromatic carbocycles. The van der Waals surface area contributed by atoms with E-state index < -0.39 is 0 Å². The van der Waals surface area contributed by atoms with Crippen molar-refractivity contribution >= 4 is 17.5 Å². The quantitative estimate of drug-likeness (QED) is 0.750. The highest BCUT2D eigenvalue weighted by atomic mass is 16.5. The van der Waals surface area contributed by atoms with Gasteiger partial charge in [-0.05, 0) is 61.2 Å². The van der Waals surface area contributed by atoms with E-state index in [1.165, 1.54) is 0 Å². The molecule has 1 aliphatic carbocycles. The molecule has 6 nitrogen and oxygen atoms in total. The predicted molar refractivity (Wildman–Crippen MR) is 103 cm³/mol. The van der Waals surface area contributed by atoms with Crippen LogP contribution in [0.3, 0.4) is 0 Å². The third kappa shape index (κ3) is 5.23. The molecule has 0 heterocycles. The second-order valence-corrected chi connectivity index (χ2v) is 6.56. The van der Waals surface area contributed by atoms with Gasteiger partial charge in [-0.25, -0.2) is 0 Å². The molecule has 1 fully saturated rings. The lowest BCUT2D eigenvalue weighted by Crippen LogP contribution is -2.25. The normalized spacial score (nSPS) is 13.0. The van der Waals surface area contributed by atoms with Crippen LogP contribution in [0.25, 0.3) is 0 Å². The van der Waals surface area contributed by atoms with Crippen molar-refractivity contribution in [2.75, 3.05) is 19.5 Å². The molecule has 1 aliphatic rings. The summed E-state index contributed by atoms with van der Waals surface area (Å²) in [6.07, 6.45) is 3.05. The van der Waals surface area contributed by atoms with Gasteiger partial charge < -0.3 is 20.1 Å². The van der Waals surface area contributed by atoms with E-state index in [9.17, 15) is 9.59 Å². The van der Waals surface area contributed by atoms with E-state index in [0.717, 1.165) is 18.4 Å². The fourth-order valence-corrected chi connectivity index (χ4v) is 2.72. The molecule has 0 bridgehead atoms. The van der Waals surface area contributed by atoms with Gasteiger partial charge in [0.2, 0.25) is 5.91 Å². The van der Waals surface area contributed by atoms with Gasteiger partial charge in [-0.3, -0.25) is 9.59 Å². The minimum Gasteiger partial charge on any atom is -0.493 e. The van der Waals surface area contributed by atoms with Gasteiger partial charge in [-0.1, -0.05) is 6.07 Å². The summed E-state index contributed by atoms with van der Waals surface area (Å²) < 4.78 is 10.5. The molecule has 0 unspecified atom stereocenters. The summed E-state index contributed by atoms with van der Waals surface area (Å²) in [5.74, 6) is 1.16. The monoisotopic (exact) mass is 368 g/mol. The Labute approximate surface area is 158 Å². The van der Waals surface area contributed by atoms with Crippen molar-refractivity contribution in [1.82, 2.24) is 5.32 Å². The largest absolute Gasteiger partial charge is 0.493 e. The lowest BCUT2D eigenvalue weighted by Gasteiger charge is -2.10. The van der Waals surface area contributed by atoms with Gasteiger partial charge in [0.15, 0.2) is 11.5 Å². The van der Waals surface area contributed by atoms with Crippen LogP contribution >= 0.6 is 0 Å². The molecule has 0 aliphatic heterocycles. The first-order valence-electron chi connectivity index (χ1n) is 9.00. The van der Waals surface area contributed by atoms with Gasteiger partial charge in [0.05, 0.1) is 14.2 Å². The zero-order valence-electron chi connectivity index (χ0n) is 15.6. The smallest absolute Gasteiger partial charge is 0.251 e. The van der Waals surface area contributed by atoms with Crippen molar-refractivity contribution in [1.29, 1.82) is 0 Å². The number of nitrogens with one attached hydrogen (secondary N) is 2. The third-order valence-corrected chi connectivity index (χ3v) is 4.43. The number of hydrogen-bond donors (Lipinski definition) is 2. The van der Waals surface area contributed by atoms with Crippen LogP contribution in [0.4, 0.5) is 5.69 Å². The Balaban J connectivity index is 1.51. The van der Waals surface area contributed by atoms with Crippen molar-refractivity contribution in [2.24, 2.45) is 0 Å². The maximum absolute atomic E-state index is 12.2. The Morgan fingerprint density at radius 1 is 1.00 bits per heavy atom. The van der Waals surface area contributed by atoms with E-state index in [4.69, 9.17) is 9.47 Å². The van der Waals surface area contributed by atoms with Gasteiger partial charge in [0.25, 0.3) is 5.91 Å². The fraction of sp³-hybridized carbons (Fsp3) is 0.333. The number of ether oxygens (including phenoxy) is 2. The number of amides is 2. The standard InChI is InChI=1S/C21H24N2O4/c1-26-18-11-3-14(13-19(18)27-2)4-12-20(24)22-16-7-5-15(6-8-16)21(25)23-17-9-10-17/h3,5-8,11,13,17H,4,9-10,12H2,1-2H3,(H,22,24)(H,23,25). The second-order valence-electron chi connectivity index (χ2n) is 6.56. The molecule has 6 heteroatoms. The minimum atomic E-state index is -0.0834. The number of carbonyl (C=O) groups excluding carboxylic acids is 2. The van der Waals surface area contributed by atoms with Crippen LogP contribution in [0.1, 0.15) is 35.2 Å². The Morgan fingerprint density at radius 2 is 1.70 bits per heavy atom. The lowest BCUT2D eigenvalue weighted by atomic mass is 10.1. The van der Waals surface area contributed by atoms with Crippen molar-refractivity contribution in [3.63, 3.8) is 0 Å². The third-order valence-electron chi connectivity index (χ3n) is 4.43. The summed E-state index contributed by atoms with van der Waals surface area (Å²) in [4.78, 5) is 24.2. The first-order valence-corrected chi connectivity index (χ1v) is 9.00. The Kier molecular flexibility index (Phi) is 5.96. The molecule has 0 atom stereocenters. The minimum absolute atomic E-state index is 0.0659. The summed E-state index contributed by atoms with van der Waals surface area (Å²) in [6, 6.07) is 12.9. The predicted octanol–water partition coefficient (Wildman–Crippen LogP) is 3.17. The van der Waals surface area contributed by atoms with Crippen molar-refractivity contribution < 1.29 is 19.1 Å². The SMILES string of the molecule is COc1ccc(CCC(=O)Nc2ccc(C(=O)NC3CC3)cc2)cc1OC. The average Bonchev–Trinajstić information content (AvgIpc) is 3.50. The molecule has 0 saturated heterocycles. The molecule has 0 spiro atoms. The van der Waals surface area contributed by atoms with Gasteiger partial charge in [0.1, 0.15) is 0 Å². The van der Waals surface area contributed by atoms with Crippen LogP contribution in [0, 0.1) is 0 Å². The highest BCUT2D eigenvalue weighted by Gasteiger charge is 2.23. The van der Waals surface area contributed by atoms with Crippen LogP contribution in [-0.2, 0) is 11.2 Å². The molecule has 142 valence electrons. The Morgan fingerprint density at radius 3 is 2.33 bits per heavy atom. The number of hydrogen-bond acceptors (Lipinski definition) is 4. The molecule has 3 rings (SSSR count). The van der Waals surface area contributed by atoms with Crippen LogP contribution in [0.2, 0.25) is 0 Å². The first kappa shape index (κ1) is 18.8. The zero-order chi connectivity index (χ0) is 19.2. The number of methoxy groups -OCH3 is 2. The zero-order valence-corrected chi connectivity index (χ0v) is 15.6. The average molecular weight is 368 g/mol. The molecule has 1 saturated carbocycles. The number of aryl methyl sites for hydroxylation is 1. The number of rotatable bonds is 8. The van der Waals surface area contributed by atoms with Crippen molar-refractivity contribution in [3.8, 4) is 11.5 Å². The highest BCUT2D eigenvalue weighted by Crippen LogP contribution is 2.28. The molecular formula is C21H24N2O4. The Hall–Kier alpha value is -3.02. The molecule has 0 radical (unpaired) electrons. The van der Waals surface area contributed by atoms with E-state index >= 15 is 0 Å². The van der Waals surface area contributed by atoms with Crippen LogP contribution < -0.4 is 20.1 Å². The van der Waals surface area contributed by atoms with E-state index in [0.29, 0.717) is 41.6 Å². The first-order chi connectivity index (χ1) is 13.1. The number of anilines is 1. The maximum atomic E-state index is 12.2. The molecular weight excluding hydrogens is 344 g/mol. The van der Waals surface area contributed by atoms with Gasteiger partial charge in [-0.2, -0.15) is 0 Å². The van der Waals surface area contributed by atoms with Crippen LogP contribution in [-0.4, -0.2) is 32.1 Å². The Bertz CT molecular complexity index is 813. The second kappa shape index (κ2) is 8.58. The van der Waals surface area contributed by atoms with Crippen molar-refractivity contribution in [3.05, 3.63) is 53.6 Å². The summed E-state index contributed by atoms with van der Waals surface area (Å²) in [6.45, 7) is 0. The maximum Gasteiger partial charge on any atom is 0.251 e. The van der Waals surface area contributed by atoms with Crippen molar-refractivity contribution in [2.45, 2.75) is 31.7 Å². The van der Waals surface area contributed by atoms with Gasteiger partial charge in [-0.15, -0.1) is 0 Å². The molecule has 2 aromatic rings. The molecule has 2 amide bonds. The molecule has 27 heavy (non-hydrogen) atoms. The highest BCUT2D eigenvalue weighted by molar-refractivity contribution is 5.96. The summed E-state index contributed by atoms with van der Waals surface area (Å²) in [5.41, 5.74) is 2.27. The number of benzene rings is 2. The molecule has 2 N–H and O–H groups in total. The fourth-order valence-electron chi connectivity index (χ4n) is 2.72. The molecule has 0 aromatic heterocycles. The van der Waals surface area contributed by atoms with E-state index in [1.807, 2.05) is 18.2 Å².